The summed E-state index contributed by atoms with van der Waals surface area (Å²) in [4.78, 5) is 18.8. The maximum atomic E-state index is 12.4. The molecule has 1 aromatic heterocycles. The first-order valence-electron chi connectivity index (χ1n) is 9.49. The third kappa shape index (κ3) is 5.32. The molecule has 1 aliphatic heterocycles. The van der Waals surface area contributed by atoms with Gasteiger partial charge in [-0.05, 0) is 69.2 Å². The molecule has 1 amide bonds. The molecule has 0 spiro atoms. The highest BCUT2D eigenvalue weighted by molar-refractivity contribution is 5.72. The van der Waals surface area contributed by atoms with E-state index in [9.17, 15) is 4.79 Å². The molecule has 0 aromatic carbocycles. The third-order valence-corrected chi connectivity index (χ3v) is 4.89. The molecule has 0 atom stereocenters. The van der Waals surface area contributed by atoms with Gasteiger partial charge in [-0.15, -0.1) is 0 Å². The van der Waals surface area contributed by atoms with E-state index in [-0.39, 0.29) is 6.09 Å². The molecule has 2 rings (SSSR count). The van der Waals surface area contributed by atoms with Crippen LogP contribution in [-0.4, -0.2) is 34.7 Å². The van der Waals surface area contributed by atoms with Crippen LogP contribution in [0, 0.1) is 6.92 Å². The second-order valence-corrected chi connectivity index (χ2v) is 7.51. The van der Waals surface area contributed by atoms with Crippen LogP contribution in [0.5, 0.6) is 0 Å². The van der Waals surface area contributed by atoms with Gasteiger partial charge in [0.05, 0.1) is 5.69 Å². The molecular formula is C21H32N2O2. The Hall–Kier alpha value is -1.84. The van der Waals surface area contributed by atoms with Gasteiger partial charge in [-0.3, -0.25) is 4.98 Å². The fourth-order valence-electron chi connectivity index (χ4n) is 3.14. The van der Waals surface area contributed by atoms with Crippen molar-refractivity contribution < 1.29 is 9.53 Å². The Morgan fingerprint density at radius 2 is 2.12 bits per heavy atom. The van der Waals surface area contributed by atoms with E-state index in [0.29, 0.717) is 13.1 Å². The Balaban J connectivity index is 1.98. The first-order chi connectivity index (χ1) is 11.9. The van der Waals surface area contributed by atoms with Gasteiger partial charge in [0.1, 0.15) is 5.60 Å². The van der Waals surface area contributed by atoms with Crippen molar-refractivity contribution in [1.82, 2.24) is 9.88 Å². The van der Waals surface area contributed by atoms with E-state index in [4.69, 9.17) is 4.74 Å². The lowest BCUT2D eigenvalue weighted by Crippen LogP contribution is -2.40. The molecule has 0 aliphatic carbocycles. The van der Waals surface area contributed by atoms with Crippen LogP contribution in [0.2, 0.25) is 0 Å². The minimum absolute atomic E-state index is 0.206. The zero-order valence-corrected chi connectivity index (χ0v) is 16.4. The SMILES string of the molecule is CCCCC(C)(C)OC(=O)N1CC=C(c2cc(CC)c(C)cn2)CC1. The maximum Gasteiger partial charge on any atom is 0.410 e. The summed E-state index contributed by atoms with van der Waals surface area (Å²) in [5, 5.41) is 0. The number of hydrogen-bond acceptors (Lipinski definition) is 3. The first-order valence-corrected chi connectivity index (χ1v) is 9.49. The van der Waals surface area contributed by atoms with E-state index in [1.54, 1.807) is 4.90 Å². The number of carbonyl (C=O) groups is 1. The molecule has 0 unspecified atom stereocenters. The normalized spacial score (nSPS) is 15.1. The van der Waals surface area contributed by atoms with Crippen LogP contribution in [0.3, 0.4) is 0 Å². The first kappa shape index (κ1) is 19.5. The van der Waals surface area contributed by atoms with Crippen LogP contribution in [0.15, 0.2) is 18.3 Å². The molecule has 0 saturated carbocycles. The highest BCUT2D eigenvalue weighted by atomic mass is 16.6. The van der Waals surface area contributed by atoms with E-state index >= 15 is 0 Å². The summed E-state index contributed by atoms with van der Waals surface area (Å²) in [6, 6.07) is 2.18. The van der Waals surface area contributed by atoms with Gasteiger partial charge in [0.25, 0.3) is 0 Å². The van der Waals surface area contributed by atoms with Gasteiger partial charge in [0.15, 0.2) is 0 Å². The summed E-state index contributed by atoms with van der Waals surface area (Å²) in [6.07, 6.45) is 8.78. The fraction of sp³-hybridized carbons (Fsp3) is 0.619. The van der Waals surface area contributed by atoms with Crippen molar-refractivity contribution in [2.24, 2.45) is 0 Å². The number of pyridine rings is 1. The number of ether oxygens (including phenoxy) is 1. The van der Waals surface area contributed by atoms with Gasteiger partial charge in [-0.2, -0.15) is 0 Å². The monoisotopic (exact) mass is 344 g/mol. The molecule has 0 saturated heterocycles. The second-order valence-electron chi connectivity index (χ2n) is 7.51. The average Bonchev–Trinajstić information content (AvgIpc) is 2.60. The topological polar surface area (TPSA) is 42.4 Å². The highest BCUT2D eigenvalue weighted by Crippen LogP contribution is 2.25. The number of rotatable bonds is 6. The number of carbonyl (C=O) groups excluding carboxylic acids is 1. The van der Waals surface area contributed by atoms with E-state index in [2.05, 4.69) is 37.9 Å². The summed E-state index contributed by atoms with van der Waals surface area (Å²) in [6.45, 7) is 11.7. The molecule has 0 bridgehead atoms. The van der Waals surface area contributed by atoms with Crippen LogP contribution in [0.4, 0.5) is 4.79 Å². The van der Waals surface area contributed by atoms with Crippen molar-refractivity contribution >= 4 is 11.7 Å². The second kappa shape index (κ2) is 8.50. The molecule has 2 heterocycles. The molecular weight excluding hydrogens is 312 g/mol. The predicted octanol–water partition coefficient (Wildman–Crippen LogP) is 5.15. The van der Waals surface area contributed by atoms with Gasteiger partial charge in [0.2, 0.25) is 0 Å². The number of hydrogen-bond donors (Lipinski definition) is 0. The number of unbranched alkanes of at least 4 members (excludes halogenated alkanes) is 1. The van der Waals surface area contributed by atoms with Crippen LogP contribution in [-0.2, 0) is 11.2 Å². The lowest BCUT2D eigenvalue weighted by molar-refractivity contribution is 0.00900. The van der Waals surface area contributed by atoms with Crippen molar-refractivity contribution in [2.75, 3.05) is 13.1 Å². The van der Waals surface area contributed by atoms with E-state index < -0.39 is 5.60 Å². The Bertz CT molecular complexity index is 635. The highest BCUT2D eigenvalue weighted by Gasteiger charge is 2.27. The van der Waals surface area contributed by atoms with E-state index in [0.717, 1.165) is 37.8 Å². The largest absolute Gasteiger partial charge is 0.443 e. The predicted molar refractivity (Wildman–Crippen MR) is 103 cm³/mol. The summed E-state index contributed by atoms with van der Waals surface area (Å²) >= 11 is 0. The standard InChI is InChI=1S/C21H32N2O2/c1-6-8-11-21(4,5)25-20(24)23-12-9-18(10-13-23)19-14-17(7-2)16(3)15-22-19/h9,14-15H,6-8,10-13H2,1-5H3. The van der Waals surface area contributed by atoms with E-state index in [1.165, 1.54) is 16.7 Å². The minimum atomic E-state index is -0.397. The Labute approximate surface area is 152 Å². The smallest absolute Gasteiger partial charge is 0.410 e. The summed E-state index contributed by atoms with van der Waals surface area (Å²) in [5.74, 6) is 0. The third-order valence-electron chi connectivity index (χ3n) is 4.89. The maximum absolute atomic E-state index is 12.4. The van der Waals surface area contributed by atoms with Crippen molar-refractivity contribution in [2.45, 2.75) is 72.3 Å². The molecule has 1 aromatic rings. The summed E-state index contributed by atoms with van der Waals surface area (Å²) in [7, 11) is 0. The Kier molecular flexibility index (Phi) is 6.63. The number of aromatic nitrogens is 1. The van der Waals surface area contributed by atoms with Gasteiger partial charge >= 0.3 is 6.09 Å². The lowest BCUT2D eigenvalue weighted by Gasteiger charge is -2.31. The Morgan fingerprint density at radius 3 is 2.72 bits per heavy atom. The molecule has 0 fully saturated rings. The van der Waals surface area contributed by atoms with Crippen molar-refractivity contribution in [3.05, 3.63) is 35.2 Å². The van der Waals surface area contributed by atoms with Gasteiger partial charge in [0, 0.05) is 19.3 Å². The lowest BCUT2D eigenvalue weighted by atomic mass is 10.0. The molecule has 4 heteroatoms. The fourth-order valence-corrected chi connectivity index (χ4v) is 3.14. The Morgan fingerprint density at radius 1 is 1.36 bits per heavy atom. The number of nitrogens with zero attached hydrogens (tertiary/aromatic N) is 2. The molecule has 1 aliphatic rings. The van der Waals surface area contributed by atoms with Crippen LogP contribution in [0.1, 0.15) is 70.2 Å². The van der Waals surface area contributed by atoms with Crippen LogP contribution < -0.4 is 0 Å². The summed E-state index contributed by atoms with van der Waals surface area (Å²) in [5.41, 5.74) is 4.45. The van der Waals surface area contributed by atoms with Crippen molar-refractivity contribution in [1.29, 1.82) is 0 Å². The van der Waals surface area contributed by atoms with Crippen molar-refractivity contribution in [3.63, 3.8) is 0 Å². The van der Waals surface area contributed by atoms with Crippen LogP contribution >= 0.6 is 0 Å². The molecule has 0 N–H and O–H groups in total. The zero-order valence-electron chi connectivity index (χ0n) is 16.4. The van der Waals surface area contributed by atoms with Crippen LogP contribution in [0.25, 0.3) is 5.57 Å². The average molecular weight is 344 g/mol. The van der Waals surface area contributed by atoms with Crippen molar-refractivity contribution in [3.8, 4) is 0 Å². The number of aryl methyl sites for hydroxylation is 2. The zero-order chi connectivity index (χ0) is 18.4. The molecule has 4 nitrogen and oxygen atoms in total. The van der Waals surface area contributed by atoms with E-state index in [1.807, 2.05) is 20.0 Å². The molecule has 0 radical (unpaired) electrons. The molecule has 138 valence electrons. The van der Waals surface area contributed by atoms with Gasteiger partial charge in [-0.25, -0.2) is 4.79 Å². The van der Waals surface area contributed by atoms with Gasteiger partial charge in [-0.1, -0.05) is 26.3 Å². The quantitative estimate of drug-likeness (QED) is 0.717. The minimum Gasteiger partial charge on any atom is -0.443 e. The number of amides is 1. The summed E-state index contributed by atoms with van der Waals surface area (Å²) < 4.78 is 5.71. The van der Waals surface area contributed by atoms with Gasteiger partial charge < -0.3 is 9.64 Å². The molecule has 25 heavy (non-hydrogen) atoms.